The van der Waals surface area contributed by atoms with Crippen LogP contribution in [0.15, 0.2) is 21.6 Å². The first-order valence-electron chi connectivity index (χ1n) is 6.46. The molecule has 1 aromatic carbocycles. The number of hydrogen-bond donors (Lipinski definition) is 2. The van der Waals surface area contributed by atoms with Crippen molar-refractivity contribution in [3.05, 3.63) is 35.0 Å². The van der Waals surface area contributed by atoms with Gasteiger partial charge in [-0.25, -0.2) is 13.1 Å². The molecule has 0 atom stereocenters. The molecule has 0 bridgehead atoms. The molecule has 0 aliphatic heterocycles. The van der Waals surface area contributed by atoms with Crippen LogP contribution in [-0.2, 0) is 16.4 Å². The molecule has 0 aliphatic carbocycles. The summed E-state index contributed by atoms with van der Waals surface area (Å²) in [6, 6.07) is 3.39. The molecule has 0 radical (unpaired) electrons. The van der Waals surface area contributed by atoms with Gasteiger partial charge in [-0.05, 0) is 38.0 Å². The maximum Gasteiger partial charge on any atom is 0.241 e. The minimum absolute atomic E-state index is 0.178. The molecule has 2 rings (SSSR count). The maximum atomic E-state index is 12.4. The van der Waals surface area contributed by atoms with Crippen LogP contribution in [0.25, 0.3) is 0 Å². The fraction of sp³-hybridized carbons (Fsp3) is 0.385. The number of aromatic nitrogens is 2. The Kier molecular flexibility index (Phi) is 4.29. The number of aryl methyl sites for hydroxylation is 2. The molecule has 1 aromatic heterocycles. The number of nitrogens with one attached hydrogen (secondary N) is 1. The van der Waals surface area contributed by atoms with Gasteiger partial charge in [-0.15, -0.1) is 0 Å². The number of hydrogen-bond acceptors (Lipinski definition) is 6. The van der Waals surface area contributed by atoms with E-state index in [0.717, 1.165) is 0 Å². The summed E-state index contributed by atoms with van der Waals surface area (Å²) >= 11 is 0. The van der Waals surface area contributed by atoms with E-state index in [4.69, 9.17) is 10.3 Å². The van der Waals surface area contributed by atoms with E-state index < -0.39 is 10.0 Å². The van der Waals surface area contributed by atoms with Crippen molar-refractivity contribution >= 4 is 15.7 Å². The van der Waals surface area contributed by atoms with Crippen molar-refractivity contribution < 1.29 is 12.9 Å². The smallest absolute Gasteiger partial charge is 0.241 e. The van der Waals surface area contributed by atoms with Gasteiger partial charge < -0.3 is 10.3 Å². The largest absolute Gasteiger partial charge is 0.398 e. The molecule has 0 aliphatic rings. The highest BCUT2D eigenvalue weighted by molar-refractivity contribution is 7.89. The lowest BCUT2D eigenvalue weighted by molar-refractivity contribution is 0.375. The Morgan fingerprint density at radius 2 is 2.00 bits per heavy atom. The highest BCUT2D eigenvalue weighted by Gasteiger charge is 2.20. The second-order valence-electron chi connectivity index (χ2n) is 4.81. The third kappa shape index (κ3) is 3.40. The van der Waals surface area contributed by atoms with E-state index in [2.05, 4.69) is 14.9 Å². The summed E-state index contributed by atoms with van der Waals surface area (Å²) in [4.78, 5) is 4.25. The Morgan fingerprint density at radius 3 is 2.62 bits per heavy atom. The van der Waals surface area contributed by atoms with Gasteiger partial charge in [-0.3, -0.25) is 0 Å². The fourth-order valence-electron chi connectivity index (χ4n) is 2.06. The molecule has 2 aromatic rings. The second kappa shape index (κ2) is 5.82. The molecular weight excluding hydrogens is 292 g/mol. The summed E-state index contributed by atoms with van der Waals surface area (Å²) in [5, 5.41) is 3.65. The van der Waals surface area contributed by atoms with Crippen molar-refractivity contribution in [2.75, 3.05) is 12.3 Å². The predicted molar refractivity (Wildman–Crippen MR) is 78.3 cm³/mol. The van der Waals surface area contributed by atoms with Crippen molar-refractivity contribution in [2.45, 2.75) is 32.1 Å². The van der Waals surface area contributed by atoms with Crippen LogP contribution in [-0.4, -0.2) is 25.1 Å². The molecule has 0 saturated heterocycles. The Morgan fingerprint density at radius 1 is 1.29 bits per heavy atom. The lowest BCUT2D eigenvalue weighted by Gasteiger charge is -2.13. The van der Waals surface area contributed by atoms with Crippen LogP contribution in [0.5, 0.6) is 0 Å². The van der Waals surface area contributed by atoms with Crippen LogP contribution in [0.1, 0.15) is 22.8 Å². The minimum atomic E-state index is -3.63. The Balaban J connectivity index is 2.14. The zero-order valence-corrected chi connectivity index (χ0v) is 13.0. The third-order valence-corrected chi connectivity index (χ3v) is 4.86. The average Bonchev–Trinajstić information content (AvgIpc) is 2.80. The van der Waals surface area contributed by atoms with Gasteiger partial charge >= 0.3 is 0 Å². The number of sulfonamides is 1. The fourth-order valence-corrected chi connectivity index (χ4v) is 3.59. The van der Waals surface area contributed by atoms with Gasteiger partial charge in [0.1, 0.15) is 0 Å². The van der Waals surface area contributed by atoms with Crippen LogP contribution >= 0.6 is 0 Å². The van der Waals surface area contributed by atoms with Gasteiger partial charge in [0.25, 0.3) is 0 Å². The van der Waals surface area contributed by atoms with Gasteiger partial charge in [0.15, 0.2) is 5.82 Å². The molecule has 8 heteroatoms. The molecule has 0 amide bonds. The van der Waals surface area contributed by atoms with E-state index in [9.17, 15) is 8.42 Å². The summed E-state index contributed by atoms with van der Waals surface area (Å²) in [6.45, 7) is 5.31. The molecule has 7 nitrogen and oxygen atoms in total. The molecule has 21 heavy (non-hydrogen) atoms. The van der Waals surface area contributed by atoms with E-state index in [0.29, 0.717) is 35.0 Å². The summed E-state index contributed by atoms with van der Waals surface area (Å²) in [6.07, 6.45) is 0.334. The summed E-state index contributed by atoms with van der Waals surface area (Å²) < 4.78 is 32.2. The van der Waals surface area contributed by atoms with Crippen LogP contribution in [0, 0.1) is 20.8 Å². The molecular formula is C13H18N4O3S. The molecule has 114 valence electrons. The van der Waals surface area contributed by atoms with Gasteiger partial charge in [-0.2, -0.15) is 4.98 Å². The molecule has 0 saturated carbocycles. The monoisotopic (exact) mass is 310 g/mol. The topological polar surface area (TPSA) is 111 Å². The summed E-state index contributed by atoms with van der Waals surface area (Å²) in [7, 11) is -3.63. The van der Waals surface area contributed by atoms with Crippen LogP contribution in [0.3, 0.4) is 0 Å². The maximum absolute atomic E-state index is 12.4. The van der Waals surface area contributed by atoms with E-state index in [1.54, 1.807) is 32.9 Å². The standard InChI is InChI=1S/C13H18N4O3S/c1-8-4-5-11(14)9(2)13(8)21(18,19)15-7-6-12-16-10(3)17-20-12/h4-5,15H,6-7,14H2,1-3H3. The molecule has 3 N–H and O–H groups in total. The first-order chi connectivity index (χ1) is 9.81. The number of rotatable bonds is 5. The van der Waals surface area contributed by atoms with Crippen molar-refractivity contribution in [2.24, 2.45) is 0 Å². The van der Waals surface area contributed by atoms with Crippen molar-refractivity contribution in [1.29, 1.82) is 0 Å². The molecule has 0 fully saturated rings. The van der Waals surface area contributed by atoms with E-state index in [1.807, 2.05) is 0 Å². The summed E-state index contributed by atoms with van der Waals surface area (Å²) in [5.41, 5.74) is 7.44. The van der Waals surface area contributed by atoms with Crippen molar-refractivity contribution in [3.8, 4) is 0 Å². The van der Waals surface area contributed by atoms with Crippen LogP contribution in [0.4, 0.5) is 5.69 Å². The lowest BCUT2D eigenvalue weighted by atomic mass is 10.1. The summed E-state index contributed by atoms with van der Waals surface area (Å²) in [5.74, 6) is 0.923. The average molecular weight is 310 g/mol. The third-order valence-electron chi connectivity index (χ3n) is 3.11. The molecule has 0 spiro atoms. The number of nitrogens with two attached hydrogens (primary N) is 1. The Labute approximate surface area is 123 Å². The van der Waals surface area contributed by atoms with Gasteiger partial charge in [0.05, 0.1) is 4.90 Å². The SMILES string of the molecule is Cc1noc(CCNS(=O)(=O)c2c(C)ccc(N)c2C)n1. The quantitative estimate of drug-likeness (QED) is 0.800. The van der Waals surface area contributed by atoms with E-state index >= 15 is 0 Å². The normalized spacial score (nSPS) is 11.8. The highest BCUT2D eigenvalue weighted by atomic mass is 32.2. The van der Waals surface area contributed by atoms with Crippen molar-refractivity contribution in [3.63, 3.8) is 0 Å². The zero-order chi connectivity index (χ0) is 15.6. The van der Waals surface area contributed by atoms with Gasteiger partial charge in [-0.1, -0.05) is 11.2 Å². The van der Waals surface area contributed by atoms with E-state index in [-0.39, 0.29) is 11.4 Å². The predicted octanol–water partition coefficient (Wildman–Crippen LogP) is 1.10. The van der Waals surface area contributed by atoms with Gasteiger partial charge in [0, 0.05) is 18.7 Å². The molecule has 0 unspecified atom stereocenters. The molecule has 1 heterocycles. The number of nitrogen functional groups attached to an aromatic ring is 1. The van der Waals surface area contributed by atoms with Crippen LogP contribution < -0.4 is 10.5 Å². The lowest BCUT2D eigenvalue weighted by Crippen LogP contribution is -2.27. The minimum Gasteiger partial charge on any atom is -0.398 e. The Hall–Kier alpha value is -1.93. The number of nitrogens with zero attached hydrogens (tertiary/aromatic N) is 2. The Bertz CT molecular complexity index is 753. The first kappa shape index (κ1) is 15.5. The zero-order valence-electron chi connectivity index (χ0n) is 12.2. The highest BCUT2D eigenvalue weighted by Crippen LogP contribution is 2.24. The van der Waals surface area contributed by atoms with E-state index in [1.165, 1.54) is 0 Å². The van der Waals surface area contributed by atoms with Gasteiger partial charge in [0.2, 0.25) is 15.9 Å². The second-order valence-corrected chi connectivity index (χ2v) is 6.51. The number of benzene rings is 1. The first-order valence-corrected chi connectivity index (χ1v) is 7.94. The number of anilines is 1. The van der Waals surface area contributed by atoms with Crippen LogP contribution in [0.2, 0.25) is 0 Å². The van der Waals surface area contributed by atoms with Crippen molar-refractivity contribution in [1.82, 2.24) is 14.9 Å².